The zero-order valence-electron chi connectivity index (χ0n) is 23.2. The Hall–Kier alpha value is -1.14. The molecule has 206 valence electrons. The number of carboxylic acid groups (broad SMARTS) is 1. The van der Waals surface area contributed by atoms with Gasteiger partial charge < -0.3 is 20.6 Å². The lowest BCUT2D eigenvalue weighted by molar-refractivity contribution is -0.172. The third-order valence-corrected chi connectivity index (χ3v) is 12.0. The number of aliphatic carboxylic acids is 1. The highest BCUT2D eigenvalue weighted by Gasteiger charge is 2.62. The highest BCUT2D eigenvalue weighted by molar-refractivity contribution is 5.83. The van der Waals surface area contributed by atoms with Crippen LogP contribution < -0.4 is 5.32 Å². The van der Waals surface area contributed by atoms with Crippen molar-refractivity contribution in [3.63, 3.8) is 0 Å². The Morgan fingerprint density at radius 1 is 0.944 bits per heavy atom. The summed E-state index contributed by atoms with van der Waals surface area (Å²) in [5.74, 6) is 1.84. The molecule has 0 radical (unpaired) electrons. The molecule has 0 bridgehead atoms. The van der Waals surface area contributed by atoms with E-state index in [2.05, 4.69) is 26.1 Å². The molecule has 6 heteroatoms. The van der Waals surface area contributed by atoms with E-state index in [0.717, 1.165) is 32.1 Å². The summed E-state index contributed by atoms with van der Waals surface area (Å²) in [6.45, 7) is 11.0. The minimum absolute atomic E-state index is 0.0895. The quantitative estimate of drug-likeness (QED) is 0.371. The number of carboxylic acids is 1. The summed E-state index contributed by atoms with van der Waals surface area (Å²) in [4.78, 5) is 24.3. The zero-order valence-corrected chi connectivity index (χ0v) is 23.2. The Bertz CT molecular complexity index is 817. The molecule has 1 amide bonds. The first-order valence-corrected chi connectivity index (χ1v) is 14.8. The predicted octanol–water partition coefficient (Wildman–Crippen LogP) is 5.01. The second-order valence-electron chi connectivity index (χ2n) is 13.7. The molecular formula is C30H51NO5. The molecule has 4 rings (SSSR count). The van der Waals surface area contributed by atoms with Gasteiger partial charge in [-0.05, 0) is 110 Å². The number of aliphatic hydroxyl groups is 2. The maximum Gasteiger partial charge on any atom is 0.326 e. The standard InChI is InChI=1S/C30H51NO5/c1-6-17(2)27(28(35)36)31-26(34)10-7-18(3)21-8-9-22-20-16-25(33)24-15-19(32)11-13-30(24,5)23(20)12-14-29(21,22)4/h17-25,27,32-33H,6-16H2,1-5H3,(H,31,34)(H,35,36)/t17-,18+,19+,20-,21+,22-,23-,24-,25-,27-,29+,30+/m0/s1. The molecule has 4 fully saturated rings. The van der Waals surface area contributed by atoms with Gasteiger partial charge in [0.1, 0.15) is 6.04 Å². The largest absolute Gasteiger partial charge is 0.480 e. The van der Waals surface area contributed by atoms with Crippen molar-refractivity contribution in [3.05, 3.63) is 0 Å². The molecule has 4 aliphatic rings. The van der Waals surface area contributed by atoms with E-state index in [4.69, 9.17) is 0 Å². The molecule has 0 aromatic heterocycles. The number of carbonyl (C=O) groups excluding carboxylic acids is 1. The number of hydrogen-bond acceptors (Lipinski definition) is 4. The SMILES string of the molecule is CC[C@H](C)[C@H](NC(=O)CC[C@@H](C)[C@H]1CC[C@H]2[C@@H]3C[C@H](O)[C@@H]4C[C@H](O)CC[C@]4(C)[C@H]3CC[C@]12C)C(=O)O. The van der Waals surface area contributed by atoms with Gasteiger partial charge in [0.05, 0.1) is 12.2 Å². The number of aliphatic hydroxyl groups excluding tert-OH is 2. The monoisotopic (exact) mass is 505 g/mol. The maximum absolute atomic E-state index is 12.7. The van der Waals surface area contributed by atoms with Crippen molar-refractivity contribution in [1.82, 2.24) is 5.32 Å². The van der Waals surface area contributed by atoms with Crippen molar-refractivity contribution in [1.29, 1.82) is 0 Å². The van der Waals surface area contributed by atoms with Crippen molar-refractivity contribution >= 4 is 11.9 Å². The fourth-order valence-corrected chi connectivity index (χ4v) is 9.74. The van der Waals surface area contributed by atoms with Crippen LogP contribution in [0.3, 0.4) is 0 Å². The number of nitrogens with one attached hydrogen (secondary N) is 1. The summed E-state index contributed by atoms with van der Waals surface area (Å²) in [5.41, 5.74) is 0.384. The average molecular weight is 506 g/mol. The van der Waals surface area contributed by atoms with Crippen LogP contribution in [0.25, 0.3) is 0 Å². The van der Waals surface area contributed by atoms with Crippen LogP contribution in [0.2, 0.25) is 0 Å². The molecular weight excluding hydrogens is 454 g/mol. The fraction of sp³-hybridized carbons (Fsp3) is 0.933. The van der Waals surface area contributed by atoms with E-state index < -0.39 is 12.0 Å². The molecule has 4 N–H and O–H groups in total. The lowest BCUT2D eigenvalue weighted by Crippen LogP contribution is -2.58. The summed E-state index contributed by atoms with van der Waals surface area (Å²) in [5, 5.41) is 33.8. The van der Waals surface area contributed by atoms with Crippen LogP contribution in [0.4, 0.5) is 0 Å². The van der Waals surface area contributed by atoms with E-state index in [1.807, 2.05) is 13.8 Å². The van der Waals surface area contributed by atoms with E-state index in [1.54, 1.807) is 0 Å². The van der Waals surface area contributed by atoms with Gasteiger partial charge in [0.2, 0.25) is 5.91 Å². The molecule has 12 atom stereocenters. The Kier molecular flexibility index (Phi) is 8.17. The predicted molar refractivity (Wildman–Crippen MR) is 140 cm³/mol. The molecule has 4 aliphatic carbocycles. The Morgan fingerprint density at radius 2 is 1.61 bits per heavy atom. The highest BCUT2D eigenvalue weighted by atomic mass is 16.4. The molecule has 4 saturated carbocycles. The number of fused-ring (bicyclic) bond motifs is 5. The minimum Gasteiger partial charge on any atom is -0.480 e. The first-order chi connectivity index (χ1) is 16.9. The Morgan fingerprint density at radius 3 is 2.28 bits per heavy atom. The number of amides is 1. The van der Waals surface area contributed by atoms with Gasteiger partial charge in [-0.15, -0.1) is 0 Å². The van der Waals surface area contributed by atoms with Gasteiger partial charge in [-0.2, -0.15) is 0 Å². The summed E-state index contributed by atoms with van der Waals surface area (Å²) >= 11 is 0. The van der Waals surface area contributed by atoms with E-state index in [1.165, 1.54) is 25.7 Å². The van der Waals surface area contributed by atoms with Gasteiger partial charge in [-0.1, -0.05) is 41.0 Å². The van der Waals surface area contributed by atoms with Gasteiger partial charge in [0, 0.05) is 6.42 Å². The Balaban J connectivity index is 1.40. The molecule has 0 spiro atoms. The van der Waals surface area contributed by atoms with Crippen molar-refractivity contribution in [2.45, 2.75) is 123 Å². The van der Waals surface area contributed by atoms with Gasteiger partial charge >= 0.3 is 5.97 Å². The first kappa shape index (κ1) is 27.9. The van der Waals surface area contributed by atoms with Crippen LogP contribution in [-0.2, 0) is 9.59 Å². The van der Waals surface area contributed by atoms with Crippen molar-refractivity contribution in [2.75, 3.05) is 0 Å². The van der Waals surface area contributed by atoms with Crippen molar-refractivity contribution < 1.29 is 24.9 Å². The average Bonchev–Trinajstić information content (AvgIpc) is 3.19. The molecule has 0 heterocycles. The second kappa shape index (κ2) is 10.6. The van der Waals surface area contributed by atoms with E-state index in [-0.39, 0.29) is 40.8 Å². The van der Waals surface area contributed by atoms with Gasteiger partial charge in [-0.25, -0.2) is 4.79 Å². The lowest BCUT2D eigenvalue weighted by atomic mass is 9.44. The van der Waals surface area contributed by atoms with Crippen molar-refractivity contribution in [3.8, 4) is 0 Å². The molecule has 0 saturated heterocycles. The molecule has 0 aliphatic heterocycles. The van der Waals surface area contributed by atoms with Crippen LogP contribution in [0.1, 0.15) is 105 Å². The third-order valence-electron chi connectivity index (χ3n) is 12.0. The van der Waals surface area contributed by atoms with Crippen LogP contribution in [0.15, 0.2) is 0 Å². The van der Waals surface area contributed by atoms with Crippen LogP contribution in [0, 0.1) is 52.3 Å². The van der Waals surface area contributed by atoms with E-state index >= 15 is 0 Å². The summed E-state index contributed by atoms with van der Waals surface area (Å²) < 4.78 is 0. The maximum atomic E-state index is 12.7. The van der Waals surface area contributed by atoms with Gasteiger partial charge in [0.25, 0.3) is 0 Å². The van der Waals surface area contributed by atoms with Gasteiger partial charge in [-0.3, -0.25) is 4.79 Å². The third kappa shape index (κ3) is 4.86. The Labute approximate surface area is 218 Å². The first-order valence-electron chi connectivity index (χ1n) is 14.8. The smallest absolute Gasteiger partial charge is 0.326 e. The minimum atomic E-state index is -0.952. The highest BCUT2D eigenvalue weighted by Crippen LogP contribution is 2.68. The number of hydrogen-bond donors (Lipinski definition) is 4. The number of carbonyl (C=O) groups is 2. The lowest BCUT2D eigenvalue weighted by Gasteiger charge is -2.62. The molecule has 36 heavy (non-hydrogen) atoms. The second-order valence-corrected chi connectivity index (χ2v) is 13.7. The molecule has 0 unspecified atom stereocenters. The summed E-state index contributed by atoms with van der Waals surface area (Å²) in [6, 6.07) is -0.815. The van der Waals surface area contributed by atoms with Gasteiger partial charge in [0.15, 0.2) is 0 Å². The van der Waals surface area contributed by atoms with E-state index in [9.17, 15) is 24.9 Å². The topological polar surface area (TPSA) is 107 Å². The molecule has 0 aromatic rings. The van der Waals surface area contributed by atoms with Crippen LogP contribution >= 0.6 is 0 Å². The number of rotatable bonds is 8. The molecule has 6 nitrogen and oxygen atoms in total. The fourth-order valence-electron chi connectivity index (χ4n) is 9.74. The van der Waals surface area contributed by atoms with E-state index in [0.29, 0.717) is 42.4 Å². The summed E-state index contributed by atoms with van der Waals surface area (Å²) in [6.07, 6.45) is 9.69. The zero-order chi connectivity index (χ0) is 26.4. The van der Waals surface area contributed by atoms with Crippen LogP contribution in [0.5, 0.6) is 0 Å². The molecule has 0 aromatic carbocycles. The van der Waals surface area contributed by atoms with Crippen molar-refractivity contribution in [2.24, 2.45) is 52.3 Å². The van der Waals surface area contributed by atoms with Crippen LogP contribution in [-0.4, -0.2) is 45.4 Å². The summed E-state index contributed by atoms with van der Waals surface area (Å²) in [7, 11) is 0. The normalized spacial score (nSPS) is 44.5.